The van der Waals surface area contributed by atoms with Crippen molar-refractivity contribution in [2.45, 2.75) is 4.90 Å². The SMILES string of the molecule is O=c1ccc2cc(NS(=O)(=O)c3cnn(-c4ccccc4)c3F)ccc2o1. The molecule has 9 heteroatoms. The Morgan fingerprint density at radius 3 is 2.59 bits per heavy atom. The summed E-state index contributed by atoms with van der Waals surface area (Å²) in [6.45, 7) is 0. The second-order valence-electron chi connectivity index (χ2n) is 5.66. The van der Waals surface area contributed by atoms with E-state index >= 15 is 0 Å². The zero-order valence-corrected chi connectivity index (χ0v) is 14.5. The Morgan fingerprint density at radius 2 is 1.81 bits per heavy atom. The summed E-state index contributed by atoms with van der Waals surface area (Å²) in [7, 11) is -4.21. The Balaban J connectivity index is 1.69. The molecule has 0 amide bonds. The van der Waals surface area contributed by atoms with Crippen LogP contribution in [0.1, 0.15) is 0 Å². The van der Waals surface area contributed by atoms with E-state index in [-0.39, 0.29) is 5.69 Å². The lowest BCUT2D eigenvalue weighted by Gasteiger charge is -2.07. The molecule has 0 aliphatic rings. The largest absolute Gasteiger partial charge is 0.423 e. The molecule has 2 aromatic carbocycles. The minimum atomic E-state index is -4.21. The van der Waals surface area contributed by atoms with E-state index < -0.39 is 26.5 Å². The monoisotopic (exact) mass is 385 g/mol. The van der Waals surface area contributed by atoms with Gasteiger partial charge < -0.3 is 4.42 Å². The van der Waals surface area contributed by atoms with Crippen molar-refractivity contribution in [2.24, 2.45) is 0 Å². The standard InChI is InChI=1S/C18H12FN3O4S/c19-18-16(11-20-22(18)14-4-2-1-3-5-14)27(24,25)21-13-7-8-15-12(10-13)6-9-17(23)26-15/h1-11,21H. The van der Waals surface area contributed by atoms with Gasteiger partial charge in [0.2, 0.25) is 5.95 Å². The van der Waals surface area contributed by atoms with Crippen LogP contribution < -0.4 is 10.3 Å². The van der Waals surface area contributed by atoms with E-state index in [4.69, 9.17) is 4.42 Å². The summed E-state index contributed by atoms with van der Waals surface area (Å²) in [6.07, 6.45) is 0.949. The number of nitrogens with zero attached hydrogens (tertiary/aromatic N) is 2. The Kier molecular flexibility index (Phi) is 4.00. The Hall–Kier alpha value is -3.46. The van der Waals surface area contributed by atoms with E-state index in [0.29, 0.717) is 16.7 Å². The first-order chi connectivity index (χ1) is 12.9. The van der Waals surface area contributed by atoms with E-state index in [0.717, 1.165) is 10.9 Å². The number of rotatable bonds is 4. The predicted molar refractivity (Wildman–Crippen MR) is 96.8 cm³/mol. The molecule has 0 unspecified atom stereocenters. The molecule has 0 spiro atoms. The van der Waals surface area contributed by atoms with Crippen molar-refractivity contribution in [3.8, 4) is 5.69 Å². The highest BCUT2D eigenvalue weighted by Gasteiger charge is 2.24. The van der Waals surface area contributed by atoms with Crippen LogP contribution in [0.5, 0.6) is 0 Å². The third kappa shape index (κ3) is 3.20. The number of anilines is 1. The van der Waals surface area contributed by atoms with Gasteiger partial charge in [0.25, 0.3) is 10.0 Å². The molecule has 136 valence electrons. The summed E-state index contributed by atoms with van der Waals surface area (Å²) in [5.74, 6) is -1.000. The molecule has 2 aromatic heterocycles. The van der Waals surface area contributed by atoms with Gasteiger partial charge in [0, 0.05) is 17.1 Å². The van der Waals surface area contributed by atoms with E-state index in [1.807, 2.05) is 0 Å². The van der Waals surface area contributed by atoms with Crippen molar-refractivity contribution in [1.82, 2.24) is 9.78 Å². The molecule has 0 radical (unpaired) electrons. The van der Waals surface area contributed by atoms with E-state index in [1.165, 1.54) is 30.3 Å². The van der Waals surface area contributed by atoms with Gasteiger partial charge in [0.1, 0.15) is 5.58 Å². The van der Waals surface area contributed by atoms with Crippen molar-refractivity contribution in [1.29, 1.82) is 0 Å². The van der Waals surface area contributed by atoms with Gasteiger partial charge in [-0.1, -0.05) is 18.2 Å². The number of benzene rings is 2. The first-order valence-electron chi connectivity index (χ1n) is 7.80. The molecule has 0 saturated carbocycles. The number of sulfonamides is 1. The molecule has 1 N–H and O–H groups in total. The van der Waals surface area contributed by atoms with E-state index in [1.54, 1.807) is 30.3 Å². The third-order valence-corrected chi connectivity index (χ3v) is 5.20. The van der Waals surface area contributed by atoms with Crippen molar-refractivity contribution in [2.75, 3.05) is 4.72 Å². The van der Waals surface area contributed by atoms with Crippen LogP contribution in [0.3, 0.4) is 0 Å². The molecule has 2 heterocycles. The molecule has 0 aliphatic carbocycles. The summed E-state index contributed by atoms with van der Waals surface area (Å²) in [6, 6.07) is 15.4. The quantitative estimate of drug-likeness (QED) is 0.545. The van der Waals surface area contributed by atoms with Crippen molar-refractivity contribution in [3.05, 3.63) is 83.2 Å². The number of hydrogen-bond donors (Lipinski definition) is 1. The predicted octanol–water partition coefficient (Wildman–Crippen LogP) is 2.92. The molecule has 0 saturated heterocycles. The molecule has 0 bridgehead atoms. The van der Waals surface area contributed by atoms with Crippen LogP contribution in [0.25, 0.3) is 16.7 Å². The number of nitrogens with one attached hydrogen (secondary N) is 1. The van der Waals surface area contributed by atoms with Crippen LogP contribution in [0, 0.1) is 5.95 Å². The van der Waals surface area contributed by atoms with Gasteiger partial charge in [-0.3, -0.25) is 4.72 Å². The summed E-state index contributed by atoms with van der Waals surface area (Å²) in [5.41, 5.74) is 0.403. The summed E-state index contributed by atoms with van der Waals surface area (Å²) in [4.78, 5) is 10.6. The number of hydrogen-bond acceptors (Lipinski definition) is 5. The fraction of sp³-hybridized carbons (Fsp3) is 0. The van der Waals surface area contributed by atoms with E-state index in [2.05, 4.69) is 9.82 Å². The molecular weight excluding hydrogens is 373 g/mol. The molecule has 27 heavy (non-hydrogen) atoms. The molecule has 0 fully saturated rings. The van der Waals surface area contributed by atoms with Crippen LogP contribution in [0.15, 0.2) is 81.0 Å². The van der Waals surface area contributed by atoms with Gasteiger partial charge in [0.05, 0.1) is 11.9 Å². The molecule has 7 nitrogen and oxygen atoms in total. The topological polar surface area (TPSA) is 94.2 Å². The van der Waals surface area contributed by atoms with Gasteiger partial charge >= 0.3 is 5.63 Å². The fourth-order valence-electron chi connectivity index (χ4n) is 2.59. The average molecular weight is 385 g/mol. The number of para-hydroxylation sites is 1. The molecular formula is C18H12FN3O4S. The summed E-state index contributed by atoms with van der Waals surface area (Å²) >= 11 is 0. The Labute approximate surface area is 152 Å². The van der Waals surface area contributed by atoms with Gasteiger partial charge in [-0.05, 0) is 36.4 Å². The zero-order chi connectivity index (χ0) is 19.0. The highest BCUT2D eigenvalue weighted by atomic mass is 32.2. The first kappa shape index (κ1) is 17.0. The van der Waals surface area contributed by atoms with Crippen LogP contribution in [0.2, 0.25) is 0 Å². The van der Waals surface area contributed by atoms with Gasteiger partial charge in [-0.25, -0.2) is 17.9 Å². The number of fused-ring (bicyclic) bond motifs is 1. The highest BCUT2D eigenvalue weighted by Crippen LogP contribution is 2.23. The molecule has 4 aromatic rings. The van der Waals surface area contributed by atoms with Crippen LogP contribution in [0.4, 0.5) is 10.1 Å². The van der Waals surface area contributed by atoms with Gasteiger partial charge in [-0.15, -0.1) is 0 Å². The second-order valence-corrected chi connectivity index (χ2v) is 7.31. The third-order valence-electron chi connectivity index (χ3n) is 3.84. The highest BCUT2D eigenvalue weighted by molar-refractivity contribution is 7.92. The maximum Gasteiger partial charge on any atom is 0.336 e. The van der Waals surface area contributed by atoms with Crippen LogP contribution in [-0.2, 0) is 10.0 Å². The smallest absolute Gasteiger partial charge is 0.336 e. The molecule has 0 atom stereocenters. The summed E-state index contributed by atoms with van der Waals surface area (Å²) < 4.78 is 48.0. The fourth-order valence-corrected chi connectivity index (χ4v) is 3.63. The minimum Gasteiger partial charge on any atom is -0.423 e. The minimum absolute atomic E-state index is 0.197. The lowest BCUT2D eigenvalue weighted by molar-refractivity contribution is 0.511. The zero-order valence-electron chi connectivity index (χ0n) is 13.7. The van der Waals surface area contributed by atoms with Gasteiger partial charge in [0.15, 0.2) is 4.90 Å². The normalized spacial score (nSPS) is 11.6. The summed E-state index contributed by atoms with van der Waals surface area (Å²) in [5, 5.41) is 4.35. The number of aromatic nitrogens is 2. The van der Waals surface area contributed by atoms with Crippen LogP contribution in [-0.4, -0.2) is 18.2 Å². The number of halogens is 1. The van der Waals surface area contributed by atoms with Crippen molar-refractivity contribution < 1.29 is 17.2 Å². The molecule has 0 aliphatic heterocycles. The Morgan fingerprint density at radius 1 is 1.04 bits per heavy atom. The van der Waals surface area contributed by atoms with E-state index in [9.17, 15) is 17.6 Å². The van der Waals surface area contributed by atoms with Gasteiger partial charge in [-0.2, -0.15) is 9.49 Å². The Bertz CT molecular complexity index is 1300. The van der Waals surface area contributed by atoms with Crippen LogP contribution >= 0.6 is 0 Å². The maximum absolute atomic E-state index is 14.6. The molecule has 4 rings (SSSR count). The maximum atomic E-state index is 14.6. The average Bonchev–Trinajstić information content (AvgIpc) is 3.05. The lowest BCUT2D eigenvalue weighted by Crippen LogP contribution is -2.14. The van der Waals surface area contributed by atoms with Crippen molar-refractivity contribution in [3.63, 3.8) is 0 Å². The van der Waals surface area contributed by atoms with Crippen molar-refractivity contribution >= 4 is 26.7 Å². The lowest BCUT2D eigenvalue weighted by atomic mass is 10.2. The first-order valence-corrected chi connectivity index (χ1v) is 9.28. The second kappa shape index (κ2) is 6.36.